The van der Waals surface area contributed by atoms with Crippen LogP contribution in [0.1, 0.15) is 17.4 Å². The Morgan fingerprint density at radius 2 is 1.83 bits per heavy atom. The second kappa shape index (κ2) is 10.2. The summed E-state index contributed by atoms with van der Waals surface area (Å²) < 4.78 is 23.9. The smallest absolute Gasteiger partial charge is 0.185 e. The van der Waals surface area contributed by atoms with Crippen LogP contribution in [0.4, 0.5) is 0 Å². The Morgan fingerprint density at radius 3 is 2.53 bits per heavy atom. The monoisotopic (exact) mass is 447 g/mol. The van der Waals surface area contributed by atoms with Crippen LogP contribution in [0.2, 0.25) is 0 Å². The summed E-state index contributed by atoms with van der Waals surface area (Å²) in [6.45, 7) is 0.332. The van der Waals surface area contributed by atoms with Crippen molar-refractivity contribution in [1.82, 2.24) is 5.32 Å². The second-order valence-corrected chi connectivity index (χ2v) is 8.83. The first-order chi connectivity index (χ1) is 14.7. The van der Waals surface area contributed by atoms with Gasteiger partial charge >= 0.3 is 0 Å². The first kappa shape index (κ1) is 21.7. The summed E-state index contributed by atoms with van der Waals surface area (Å²) in [7, 11) is 1.51. The Morgan fingerprint density at radius 1 is 1.13 bits per heavy atom. The molecule has 2 aliphatic rings. The largest absolute Gasteiger partial charge is 0.386 e. The van der Waals surface area contributed by atoms with Crippen molar-refractivity contribution in [2.75, 3.05) is 13.7 Å². The van der Waals surface area contributed by atoms with Crippen LogP contribution in [0.15, 0.2) is 60.7 Å². The van der Waals surface area contributed by atoms with Crippen LogP contribution in [0.5, 0.6) is 0 Å². The minimum atomic E-state index is -0.943. The highest BCUT2D eigenvalue weighted by atomic mass is 32.2. The summed E-state index contributed by atoms with van der Waals surface area (Å²) in [5.74, 6) is 0.740. The van der Waals surface area contributed by atoms with Crippen molar-refractivity contribution in [2.45, 2.75) is 42.7 Å². The van der Waals surface area contributed by atoms with Crippen molar-refractivity contribution in [1.29, 1.82) is 0 Å². The lowest BCUT2D eigenvalue weighted by molar-refractivity contribution is -0.339. The molecule has 8 heteroatoms. The molecular weight excluding hydrogens is 422 g/mol. The van der Waals surface area contributed by atoms with E-state index in [-0.39, 0.29) is 6.10 Å². The Hall–Kier alpha value is -1.52. The zero-order valence-corrected chi connectivity index (χ0v) is 18.2. The molecule has 4 rings (SSSR count). The molecule has 0 aliphatic carbocycles. The predicted octanol–water partition coefficient (Wildman–Crippen LogP) is 3.01. The molecular formula is C22H25NO5S2. The summed E-state index contributed by atoms with van der Waals surface area (Å²) in [6.07, 6.45) is -3.08. The Balaban J connectivity index is 1.45. The molecule has 0 amide bonds. The highest BCUT2D eigenvalue weighted by Gasteiger charge is 2.50. The van der Waals surface area contributed by atoms with Crippen molar-refractivity contribution in [3.63, 3.8) is 0 Å². The Labute approximate surface area is 185 Å². The maximum Gasteiger partial charge on any atom is 0.185 e. The summed E-state index contributed by atoms with van der Waals surface area (Å²) in [5, 5.41) is 14.1. The average Bonchev–Trinajstić information content (AvgIpc) is 2.80. The summed E-state index contributed by atoms with van der Waals surface area (Å²) in [6, 6.07) is 19.3. The fourth-order valence-electron chi connectivity index (χ4n) is 3.64. The van der Waals surface area contributed by atoms with Crippen LogP contribution in [0.25, 0.3) is 0 Å². The number of methoxy groups -OCH3 is 1. The number of hydrogen-bond donors (Lipinski definition) is 2. The van der Waals surface area contributed by atoms with Gasteiger partial charge in [0.05, 0.1) is 12.6 Å². The molecule has 2 heterocycles. The number of thiocarbonyl (C=S) groups is 1. The predicted molar refractivity (Wildman–Crippen MR) is 119 cm³/mol. The number of thioether (sulfide) groups is 1. The van der Waals surface area contributed by atoms with Crippen LogP contribution < -0.4 is 5.32 Å². The fraction of sp³-hybridized carbons (Fsp3) is 0.409. The molecule has 6 nitrogen and oxygen atoms in total. The number of ether oxygens (including phenoxy) is 4. The summed E-state index contributed by atoms with van der Waals surface area (Å²) >= 11 is 7.06. The molecule has 2 N–H and O–H groups in total. The lowest BCUT2D eigenvalue weighted by atomic mass is 9.95. The van der Waals surface area contributed by atoms with E-state index < -0.39 is 30.8 Å². The van der Waals surface area contributed by atoms with Gasteiger partial charge in [0.2, 0.25) is 0 Å². The van der Waals surface area contributed by atoms with Crippen molar-refractivity contribution >= 4 is 28.3 Å². The first-order valence-corrected chi connectivity index (χ1v) is 11.2. The Kier molecular flexibility index (Phi) is 7.37. The summed E-state index contributed by atoms with van der Waals surface area (Å²) in [4.78, 5) is 0. The van der Waals surface area contributed by atoms with Crippen LogP contribution in [-0.4, -0.2) is 53.8 Å². The third-order valence-electron chi connectivity index (χ3n) is 5.17. The quantitative estimate of drug-likeness (QED) is 0.678. The maximum atomic E-state index is 10.9. The van der Waals surface area contributed by atoms with Gasteiger partial charge in [-0.15, -0.1) is 0 Å². The van der Waals surface area contributed by atoms with E-state index in [9.17, 15) is 5.11 Å². The molecule has 2 fully saturated rings. The molecule has 0 bridgehead atoms. The van der Waals surface area contributed by atoms with E-state index in [1.165, 1.54) is 24.4 Å². The van der Waals surface area contributed by atoms with Gasteiger partial charge < -0.3 is 29.4 Å². The van der Waals surface area contributed by atoms with Crippen LogP contribution in [0.3, 0.4) is 0 Å². The topological polar surface area (TPSA) is 69.2 Å². The molecule has 6 atom stereocenters. The van der Waals surface area contributed by atoms with Crippen molar-refractivity contribution in [2.24, 2.45) is 0 Å². The minimum absolute atomic E-state index is 0.332. The van der Waals surface area contributed by atoms with Gasteiger partial charge in [0, 0.05) is 18.4 Å². The van der Waals surface area contributed by atoms with E-state index in [0.29, 0.717) is 10.9 Å². The Bertz CT molecular complexity index is 825. The van der Waals surface area contributed by atoms with E-state index in [2.05, 4.69) is 17.4 Å². The normalized spacial score (nSPS) is 31.0. The van der Waals surface area contributed by atoms with Gasteiger partial charge in [-0.3, -0.25) is 0 Å². The number of aliphatic hydroxyl groups is 1. The van der Waals surface area contributed by atoms with Gasteiger partial charge in [-0.25, -0.2) is 0 Å². The lowest BCUT2D eigenvalue weighted by Crippen LogP contribution is -2.66. The van der Waals surface area contributed by atoms with E-state index >= 15 is 0 Å². The van der Waals surface area contributed by atoms with Gasteiger partial charge in [-0.1, -0.05) is 84.6 Å². The van der Waals surface area contributed by atoms with Gasteiger partial charge in [0.1, 0.15) is 22.6 Å². The third kappa shape index (κ3) is 5.03. The van der Waals surface area contributed by atoms with Gasteiger partial charge in [-0.2, -0.15) is 0 Å². The number of rotatable bonds is 5. The SMILES string of the molecule is COC1OC2COC(c3ccccc3)OC2C(NC(=S)SCc2ccccc2)C1O. The van der Waals surface area contributed by atoms with Crippen molar-refractivity contribution < 1.29 is 24.1 Å². The van der Waals surface area contributed by atoms with Gasteiger partial charge in [-0.05, 0) is 5.56 Å². The molecule has 0 aromatic heterocycles. The molecule has 0 spiro atoms. The van der Waals surface area contributed by atoms with Crippen LogP contribution in [-0.2, 0) is 24.7 Å². The third-order valence-corrected chi connectivity index (χ3v) is 6.50. The molecule has 2 saturated heterocycles. The zero-order chi connectivity index (χ0) is 20.9. The molecule has 2 aromatic rings. The minimum Gasteiger partial charge on any atom is -0.386 e. The van der Waals surface area contributed by atoms with E-state index in [4.69, 9.17) is 31.2 Å². The van der Waals surface area contributed by atoms with E-state index in [1.807, 2.05) is 48.5 Å². The summed E-state index contributed by atoms with van der Waals surface area (Å²) in [5.41, 5.74) is 2.09. The van der Waals surface area contributed by atoms with Crippen molar-refractivity contribution in [3.8, 4) is 0 Å². The molecule has 0 saturated carbocycles. The highest BCUT2D eigenvalue weighted by molar-refractivity contribution is 8.22. The molecule has 2 aromatic carbocycles. The second-order valence-electron chi connectivity index (χ2n) is 7.18. The molecule has 2 aliphatic heterocycles. The zero-order valence-electron chi connectivity index (χ0n) is 16.5. The highest BCUT2D eigenvalue weighted by Crippen LogP contribution is 2.34. The molecule has 30 heavy (non-hydrogen) atoms. The van der Waals surface area contributed by atoms with Crippen molar-refractivity contribution in [3.05, 3.63) is 71.8 Å². The van der Waals surface area contributed by atoms with E-state index in [0.717, 1.165) is 11.3 Å². The molecule has 0 radical (unpaired) electrons. The first-order valence-electron chi connectivity index (χ1n) is 9.81. The van der Waals surface area contributed by atoms with E-state index in [1.54, 1.807) is 0 Å². The number of hydrogen-bond acceptors (Lipinski definition) is 7. The molecule has 6 unspecified atom stereocenters. The molecule has 160 valence electrons. The maximum absolute atomic E-state index is 10.9. The van der Waals surface area contributed by atoms with Crippen LogP contribution >= 0.6 is 24.0 Å². The van der Waals surface area contributed by atoms with Crippen LogP contribution in [0, 0.1) is 0 Å². The number of aliphatic hydroxyl groups excluding tert-OH is 1. The average molecular weight is 448 g/mol. The number of fused-ring (bicyclic) bond motifs is 1. The van der Waals surface area contributed by atoms with Gasteiger partial charge in [0.15, 0.2) is 12.6 Å². The van der Waals surface area contributed by atoms with Gasteiger partial charge in [0.25, 0.3) is 0 Å². The lowest BCUT2D eigenvalue weighted by Gasteiger charge is -2.48. The number of nitrogens with one attached hydrogen (secondary N) is 1. The fourth-order valence-corrected chi connectivity index (χ4v) is 4.67. The standard InChI is InChI=1S/C22H25NO5S2/c1-25-21-18(24)17(23-22(29)30-13-14-8-4-2-5-9-14)19-16(27-21)12-26-20(28-19)15-10-6-3-7-11-15/h2-11,16-21,24H,12-13H2,1H3,(H,23,29). The number of benzene rings is 2.